The van der Waals surface area contributed by atoms with E-state index in [1.807, 2.05) is 0 Å². The minimum atomic E-state index is -0.640. The van der Waals surface area contributed by atoms with Crippen LogP contribution in [0.3, 0.4) is 0 Å². The minimum absolute atomic E-state index is 0.212. The standard InChI is InChI=1S/C12H19NO2/c14-12(15)11-7-4-8-13(11)9-10-5-2-1-3-6-10/h1-2,10-11H,3-9H2,(H,14,15). The van der Waals surface area contributed by atoms with Crippen molar-refractivity contribution in [3.05, 3.63) is 12.2 Å². The molecule has 1 saturated heterocycles. The van der Waals surface area contributed by atoms with Crippen molar-refractivity contribution < 1.29 is 9.90 Å². The van der Waals surface area contributed by atoms with Gasteiger partial charge in [0.25, 0.3) is 0 Å². The van der Waals surface area contributed by atoms with Crippen LogP contribution in [0, 0.1) is 5.92 Å². The van der Waals surface area contributed by atoms with Crippen LogP contribution in [-0.2, 0) is 4.79 Å². The van der Waals surface area contributed by atoms with Gasteiger partial charge in [0.2, 0.25) is 0 Å². The SMILES string of the molecule is O=C(O)C1CCCN1CC1CC=CCC1. The highest BCUT2D eigenvalue weighted by Crippen LogP contribution is 2.24. The first-order valence-electron chi connectivity index (χ1n) is 5.89. The van der Waals surface area contributed by atoms with Crippen LogP contribution in [0.1, 0.15) is 32.1 Å². The van der Waals surface area contributed by atoms with Crippen molar-refractivity contribution in [3.8, 4) is 0 Å². The molecule has 2 atom stereocenters. The van der Waals surface area contributed by atoms with Gasteiger partial charge in [-0.3, -0.25) is 9.69 Å². The molecule has 2 aliphatic rings. The number of aliphatic carboxylic acids is 1. The molecule has 2 rings (SSSR count). The number of carboxylic acid groups (broad SMARTS) is 1. The first kappa shape index (κ1) is 10.7. The van der Waals surface area contributed by atoms with Crippen LogP contribution in [0.25, 0.3) is 0 Å². The van der Waals surface area contributed by atoms with Gasteiger partial charge in [-0.25, -0.2) is 0 Å². The van der Waals surface area contributed by atoms with Crippen molar-refractivity contribution in [2.75, 3.05) is 13.1 Å². The molecule has 0 radical (unpaired) electrons. The van der Waals surface area contributed by atoms with Gasteiger partial charge in [-0.2, -0.15) is 0 Å². The van der Waals surface area contributed by atoms with Crippen LogP contribution in [0.15, 0.2) is 12.2 Å². The molecule has 1 aliphatic heterocycles. The molecule has 3 nitrogen and oxygen atoms in total. The number of hydrogen-bond acceptors (Lipinski definition) is 2. The van der Waals surface area contributed by atoms with Gasteiger partial charge in [0.15, 0.2) is 0 Å². The lowest BCUT2D eigenvalue weighted by Gasteiger charge is -2.27. The lowest BCUT2D eigenvalue weighted by molar-refractivity contribution is -0.142. The van der Waals surface area contributed by atoms with E-state index in [9.17, 15) is 4.79 Å². The minimum Gasteiger partial charge on any atom is -0.480 e. The summed E-state index contributed by atoms with van der Waals surface area (Å²) in [4.78, 5) is 13.2. The first-order valence-corrected chi connectivity index (χ1v) is 5.89. The van der Waals surface area contributed by atoms with Gasteiger partial charge in [-0.05, 0) is 44.6 Å². The lowest BCUT2D eigenvalue weighted by atomic mass is 9.94. The maximum atomic E-state index is 11.0. The monoisotopic (exact) mass is 209 g/mol. The number of likely N-dealkylation sites (tertiary alicyclic amines) is 1. The van der Waals surface area contributed by atoms with E-state index >= 15 is 0 Å². The Morgan fingerprint density at radius 1 is 1.40 bits per heavy atom. The van der Waals surface area contributed by atoms with Gasteiger partial charge in [0.05, 0.1) is 0 Å². The van der Waals surface area contributed by atoms with Crippen LogP contribution >= 0.6 is 0 Å². The molecular formula is C12H19NO2. The topological polar surface area (TPSA) is 40.5 Å². The Bertz CT molecular complexity index is 262. The summed E-state index contributed by atoms with van der Waals surface area (Å²) in [7, 11) is 0. The predicted molar refractivity (Wildman–Crippen MR) is 58.7 cm³/mol. The maximum Gasteiger partial charge on any atom is 0.320 e. The Morgan fingerprint density at radius 2 is 2.27 bits per heavy atom. The summed E-state index contributed by atoms with van der Waals surface area (Å²) in [6.45, 7) is 1.94. The van der Waals surface area contributed by atoms with E-state index in [2.05, 4.69) is 17.1 Å². The molecule has 0 aromatic rings. The Hall–Kier alpha value is -0.830. The number of allylic oxidation sites excluding steroid dienone is 2. The van der Waals surface area contributed by atoms with Crippen molar-refractivity contribution in [3.63, 3.8) is 0 Å². The molecule has 1 heterocycles. The second-order valence-electron chi connectivity index (χ2n) is 4.64. The van der Waals surface area contributed by atoms with Crippen molar-refractivity contribution >= 4 is 5.97 Å². The molecule has 1 fully saturated rings. The summed E-state index contributed by atoms with van der Waals surface area (Å²) < 4.78 is 0. The van der Waals surface area contributed by atoms with Crippen molar-refractivity contribution in [2.45, 2.75) is 38.1 Å². The fourth-order valence-electron chi connectivity index (χ4n) is 2.68. The molecule has 0 saturated carbocycles. The van der Waals surface area contributed by atoms with Crippen LogP contribution in [0.5, 0.6) is 0 Å². The summed E-state index contributed by atoms with van der Waals surface area (Å²) >= 11 is 0. The number of nitrogens with zero attached hydrogens (tertiary/aromatic N) is 1. The fraction of sp³-hybridized carbons (Fsp3) is 0.750. The summed E-state index contributed by atoms with van der Waals surface area (Å²) in [5.74, 6) is 0.0359. The van der Waals surface area contributed by atoms with Gasteiger partial charge in [0, 0.05) is 6.54 Å². The fourth-order valence-corrected chi connectivity index (χ4v) is 2.68. The van der Waals surface area contributed by atoms with Crippen molar-refractivity contribution in [1.29, 1.82) is 0 Å². The van der Waals surface area contributed by atoms with E-state index in [-0.39, 0.29) is 6.04 Å². The van der Waals surface area contributed by atoms with Gasteiger partial charge in [0.1, 0.15) is 6.04 Å². The Balaban J connectivity index is 1.87. The molecular weight excluding hydrogens is 190 g/mol. The Morgan fingerprint density at radius 3 is 2.93 bits per heavy atom. The molecule has 1 N–H and O–H groups in total. The first-order chi connectivity index (χ1) is 7.27. The van der Waals surface area contributed by atoms with E-state index < -0.39 is 5.97 Å². The normalized spacial score (nSPS) is 32.0. The van der Waals surface area contributed by atoms with E-state index in [0.29, 0.717) is 5.92 Å². The molecule has 1 aliphatic carbocycles. The number of carboxylic acids is 1. The zero-order valence-corrected chi connectivity index (χ0v) is 9.06. The molecule has 3 heteroatoms. The summed E-state index contributed by atoms with van der Waals surface area (Å²) in [6.07, 6.45) is 9.85. The second kappa shape index (κ2) is 4.79. The maximum absolute atomic E-state index is 11.0. The predicted octanol–water partition coefficient (Wildman–Crippen LogP) is 1.89. The lowest BCUT2D eigenvalue weighted by Crippen LogP contribution is -2.39. The highest BCUT2D eigenvalue weighted by molar-refractivity contribution is 5.73. The number of rotatable bonds is 3. The van der Waals surface area contributed by atoms with Gasteiger partial charge < -0.3 is 5.11 Å². The van der Waals surface area contributed by atoms with Gasteiger partial charge in [-0.1, -0.05) is 12.2 Å². The average molecular weight is 209 g/mol. The molecule has 0 amide bonds. The van der Waals surface area contributed by atoms with E-state index in [4.69, 9.17) is 5.11 Å². The van der Waals surface area contributed by atoms with Crippen LogP contribution in [-0.4, -0.2) is 35.1 Å². The van der Waals surface area contributed by atoms with E-state index in [1.165, 1.54) is 6.42 Å². The zero-order valence-electron chi connectivity index (χ0n) is 9.06. The highest BCUT2D eigenvalue weighted by atomic mass is 16.4. The summed E-state index contributed by atoms with van der Waals surface area (Å²) in [6, 6.07) is -0.212. The average Bonchev–Trinajstić information content (AvgIpc) is 2.67. The quantitative estimate of drug-likeness (QED) is 0.722. The van der Waals surface area contributed by atoms with Crippen molar-refractivity contribution in [2.24, 2.45) is 5.92 Å². The largest absolute Gasteiger partial charge is 0.480 e. The van der Waals surface area contributed by atoms with Gasteiger partial charge in [-0.15, -0.1) is 0 Å². The third-order valence-electron chi connectivity index (χ3n) is 3.52. The summed E-state index contributed by atoms with van der Waals surface area (Å²) in [5.41, 5.74) is 0. The summed E-state index contributed by atoms with van der Waals surface area (Å²) in [5, 5.41) is 9.06. The Labute approximate surface area is 90.8 Å². The second-order valence-corrected chi connectivity index (χ2v) is 4.64. The molecule has 2 unspecified atom stereocenters. The number of carbonyl (C=O) groups is 1. The van der Waals surface area contributed by atoms with Gasteiger partial charge >= 0.3 is 5.97 Å². The van der Waals surface area contributed by atoms with Crippen LogP contribution < -0.4 is 0 Å². The van der Waals surface area contributed by atoms with E-state index in [0.717, 1.165) is 38.8 Å². The molecule has 0 spiro atoms. The Kier molecular flexibility index (Phi) is 3.41. The molecule has 84 valence electrons. The van der Waals surface area contributed by atoms with Crippen LogP contribution in [0.4, 0.5) is 0 Å². The van der Waals surface area contributed by atoms with Crippen LogP contribution in [0.2, 0.25) is 0 Å². The smallest absolute Gasteiger partial charge is 0.320 e. The highest BCUT2D eigenvalue weighted by Gasteiger charge is 2.31. The molecule has 0 aromatic heterocycles. The number of hydrogen-bond donors (Lipinski definition) is 1. The third kappa shape index (κ3) is 2.59. The molecule has 15 heavy (non-hydrogen) atoms. The van der Waals surface area contributed by atoms with E-state index in [1.54, 1.807) is 0 Å². The zero-order chi connectivity index (χ0) is 10.7. The third-order valence-corrected chi connectivity index (χ3v) is 3.52. The molecule has 0 bridgehead atoms. The van der Waals surface area contributed by atoms with Crippen molar-refractivity contribution in [1.82, 2.24) is 4.90 Å². The molecule has 0 aromatic carbocycles.